The van der Waals surface area contributed by atoms with Gasteiger partial charge in [-0.2, -0.15) is 4.98 Å². The summed E-state index contributed by atoms with van der Waals surface area (Å²) in [7, 11) is -3.65. The predicted molar refractivity (Wildman–Crippen MR) is 122 cm³/mol. The zero-order valence-electron chi connectivity index (χ0n) is 17.2. The minimum Gasteiger partial charge on any atom is -0.492 e. The molecule has 11 heteroatoms. The Kier molecular flexibility index (Phi) is 7.80. The fraction of sp³-hybridized carbons (Fsp3) is 0.300. The quantitative estimate of drug-likeness (QED) is 0.320. The van der Waals surface area contributed by atoms with Crippen LogP contribution >= 0.6 is 11.3 Å². The van der Waals surface area contributed by atoms with E-state index in [1.54, 1.807) is 11.6 Å². The Hall–Kier alpha value is -2.73. The Labute approximate surface area is 185 Å². The Bertz CT molecular complexity index is 1090. The van der Waals surface area contributed by atoms with Crippen LogP contribution in [0.25, 0.3) is 0 Å². The number of rotatable bonds is 11. The van der Waals surface area contributed by atoms with E-state index < -0.39 is 10.0 Å². The van der Waals surface area contributed by atoms with Gasteiger partial charge in [-0.05, 0) is 32.0 Å². The number of benzene rings is 1. The Morgan fingerprint density at radius 1 is 1.26 bits per heavy atom. The van der Waals surface area contributed by atoms with Gasteiger partial charge < -0.3 is 20.5 Å². The SMILES string of the molecule is Cc1cnc(Nc2csc(S(=O)(=O)NCCOc3ccccc3)c2)nc1N[C@H](C)CO. The van der Waals surface area contributed by atoms with Gasteiger partial charge in [-0.3, -0.25) is 0 Å². The van der Waals surface area contributed by atoms with Gasteiger partial charge in [0.15, 0.2) is 0 Å². The summed E-state index contributed by atoms with van der Waals surface area (Å²) in [5, 5.41) is 17.0. The molecule has 166 valence electrons. The molecule has 0 bridgehead atoms. The van der Waals surface area contributed by atoms with Crippen molar-refractivity contribution in [3.05, 3.63) is 53.5 Å². The molecule has 0 saturated carbocycles. The molecular formula is C20H25N5O4S2. The van der Waals surface area contributed by atoms with Crippen LogP contribution in [0.5, 0.6) is 5.75 Å². The molecule has 1 atom stereocenters. The molecule has 0 aliphatic heterocycles. The lowest BCUT2D eigenvalue weighted by Crippen LogP contribution is -2.27. The van der Waals surface area contributed by atoms with E-state index in [0.29, 0.717) is 23.2 Å². The van der Waals surface area contributed by atoms with Gasteiger partial charge in [0, 0.05) is 29.7 Å². The fourth-order valence-electron chi connectivity index (χ4n) is 2.51. The molecule has 3 rings (SSSR count). The lowest BCUT2D eigenvalue weighted by atomic mass is 10.3. The van der Waals surface area contributed by atoms with E-state index >= 15 is 0 Å². The lowest BCUT2D eigenvalue weighted by molar-refractivity contribution is 0.281. The number of aliphatic hydroxyl groups is 1. The third kappa shape index (κ3) is 6.62. The van der Waals surface area contributed by atoms with E-state index in [-0.39, 0.29) is 30.0 Å². The van der Waals surface area contributed by atoms with Crippen LogP contribution < -0.4 is 20.1 Å². The topological polar surface area (TPSA) is 125 Å². The predicted octanol–water partition coefficient (Wildman–Crippen LogP) is 2.74. The van der Waals surface area contributed by atoms with Gasteiger partial charge in [-0.1, -0.05) is 18.2 Å². The van der Waals surface area contributed by atoms with Crippen molar-refractivity contribution in [1.29, 1.82) is 0 Å². The molecular weight excluding hydrogens is 438 g/mol. The molecule has 0 saturated heterocycles. The van der Waals surface area contributed by atoms with Crippen molar-refractivity contribution in [1.82, 2.24) is 14.7 Å². The number of aliphatic hydroxyl groups excluding tert-OH is 1. The number of aromatic nitrogens is 2. The van der Waals surface area contributed by atoms with Crippen molar-refractivity contribution < 1.29 is 18.3 Å². The summed E-state index contributed by atoms with van der Waals surface area (Å²) in [5.41, 5.74) is 1.40. The smallest absolute Gasteiger partial charge is 0.250 e. The molecule has 4 N–H and O–H groups in total. The zero-order chi connectivity index (χ0) is 22.3. The third-order valence-electron chi connectivity index (χ3n) is 4.13. The highest BCUT2D eigenvalue weighted by Gasteiger charge is 2.17. The average molecular weight is 464 g/mol. The molecule has 0 aliphatic rings. The van der Waals surface area contributed by atoms with E-state index in [0.717, 1.165) is 16.9 Å². The molecule has 0 aliphatic carbocycles. The monoisotopic (exact) mass is 463 g/mol. The van der Waals surface area contributed by atoms with Gasteiger partial charge >= 0.3 is 0 Å². The van der Waals surface area contributed by atoms with Crippen molar-refractivity contribution in [2.24, 2.45) is 0 Å². The number of sulfonamides is 1. The van der Waals surface area contributed by atoms with E-state index in [2.05, 4.69) is 25.3 Å². The van der Waals surface area contributed by atoms with Gasteiger partial charge in [0.05, 0.1) is 12.3 Å². The molecule has 0 radical (unpaired) electrons. The molecule has 31 heavy (non-hydrogen) atoms. The second-order valence-corrected chi connectivity index (χ2v) is 9.70. The first-order chi connectivity index (χ1) is 14.9. The summed E-state index contributed by atoms with van der Waals surface area (Å²) in [4.78, 5) is 8.62. The average Bonchev–Trinajstić information content (AvgIpc) is 3.24. The van der Waals surface area contributed by atoms with Crippen LogP contribution in [0.15, 0.2) is 52.2 Å². The highest BCUT2D eigenvalue weighted by molar-refractivity contribution is 7.91. The number of nitrogens with zero attached hydrogens (tertiary/aromatic N) is 2. The Morgan fingerprint density at radius 2 is 2.03 bits per heavy atom. The molecule has 1 aromatic carbocycles. The van der Waals surface area contributed by atoms with E-state index in [9.17, 15) is 13.5 Å². The largest absolute Gasteiger partial charge is 0.492 e. The van der Waals surface area contributed by atoms with Crippen molar-refractivity contribution in [3.63, 3.8) is 0 Å². The fourth-order valence-corrected chi connectivity index (χ4v) is 4.68. The molecule has 2 aromatic heterocycles. The zero-order valence-corrected chi connectivity index (χ0v) is 18.8. The molecule has 0 spiro atoms. The van der Waals surface area contributed by atoms with Crippen LogP contribution in [0, 0.1) is 6.92 Å². The number of anilines is 3. The minimum absolute atomic E-state index is 0.0264. The second kappa shape index (κ2) is 10.5. The highest BCUT2D eigenvalue weighted by atomic mass is 32.2. The first-order valence-corrected chi connectivity index (χ1v) is 12.0. The van der Waals surface area contributed by atoms with Crippen molar-refractivity contribution >= 4 is 38.8 Å². The summed E-state index contributed by atoms with van der Waals surface area (Å²) < 4.78 is 33.2. The number of nitrogens with one attached hydrogen (secondary N) is 3. The molecule has 0 amide bonds. The number of para-hydroxylation sites is 1. The number of hydrogen-bond acceptors (Lipinski definition) is 9. The van der Waals surface area contributed by atoms with Gasteiger partial charge in [0.25, 0.3) is 0 Å². The van der Waals surface area contributed by atoms with Gasteiger partial charge in [0.1, 0.15) is 22.4 Å². The van der Waals surface area contributed by atoms with Crippen molar-refractivity contribution in [2.75, 3.05) is 30.4 Å². The van der Waals surface area contributed by atoms with Crippen LogP contribution in [0.3, 0.4) is 0 Å². The van der Waals surface area contributed by atoms with Crippen molar-refractivity contribution in [3.8, 4) is 5.75 Å². The normalized spacial score (nSPS) is 12.4. The van der Waals surface area contributed by atoms with E-state index in [4.69, 9.17) is 4.74 Å². The summed E-state index contributed by atoms with van der Waals surface area (Å²) >= 11 is 1.09. The second-order valence-electron chi connectivity index (χ2n) is 6.79. The third-order valence-corrected chi connectivity index (χ3v) is 7.03. The molecule has 0 fully saturated rings. The van der Waals surface area contributed by atoms with Crippen LogP contribution in [0.4, 0.5) is 17.5 Å². The summed E-state index contributed by atoms with van der Waals surface area (Å²) in [6.45, 7) is 4.04. The van der Waals surface area contributed by atoms with Crippen molar-refractivity contribution in [2.45, 2.75) is 24.1 Å². The first-order valence-electron chi connectivity index (χ1n) is 9.61. The number of thiophene rings is 1. The Balaban J connectivity index is 1.58. The lowest BCUT2D eigenvalue weighted by Gasteiger charge is -2.14. The molecule has 3 aromatic rings. The van der Waals surface area contributed by atoms with Crippen LogP contribution in [0.2, 0.25) is 0 Å². The maximum atomic E-state index is 12.5. The number of ether oxygens (including phenoxy) is 1. The maximum absolute atomic E-state index is 12.5. The Morgan fingerprint density at radius 3 is 2.77 bits per heavy atom. The number of aryl methyl sites for hydroxylation is 1. The van der Waals surface area contributed by atoms with E-state index in [1.807, 2.05) is 44.2 Å². The summed E-state index contributed by atoms with van der Waals surface area (Å²) in [6.07, 6.45) is 1.65. The standard InChI is InChI=1S/C20H25N5O4S2/c1-14-11-21-20(25-19(14)23-15(2)12-26)24-16-10-18(30-13-16)31(27,28)22-8-9-29-17-6-4-3-5-7-17/h3-7,10-11,13,15,22,26H,8-9,12H2,1-2H3,(H2,21,23,24,25)/t15-/m1/s1. The van der Waals surface area contributed by atoms with Gasteiger partial charge in [-0.25, -0.2) is 18.1 Å². The first kappa shape index (κ1) is 22.9. The maximum Gasteiger partial charge on any atom is 0.250 e. The molecule has 0 unspecified atom stereocenters. The van der Waals surface area contributed by atoms with Crippen LogP contribution in [0.1, 0.15) is 12.5 Å². The molecule has 2 heterocycles. The highest BCUT2D eigenvalue weighted by Crippen LogP contribution is 2.26. The van der Waals surface area contributed by atoms with Crippen LogP contribution in [-0.2, 0) is 10.0 Å². The number of hydrogen-bond donors (Lipinski definition) is 4. The summed E-state index contributed by atoms with van der Waals surface area (Å²) in [6, 6.07) is 10.6. The summed E-state index contributed by atoms with van der Waals surface area (Å²) in [5.74, 6) is 1.61. The van der Waals surface area contributed by atoms with E-state index in [1.165, 1.54) is 6.07 Å². The van der Waals surface area contributed by atoms with Gasteiger partial charge in [0.2, 0.25) is 16.0 Å². The van der Waals surface area contributed by atoms with Crippen LogP contribution in [-0.4, -0.2) is 49.3 Å². The molecule has 9 nitrogen and oxygen atoms in total. The minimum atomic E-state index is -3.65. The van der Waals surface area contributed by atoms with Gasteiger partial charge in [-0.15, -0.1) is 11.3 Å².